The molecule has 2 aromatic carbocycles. The highest BCUT2D eigenvalue weighted by molar-refractivity contribution is 5.90. The molecule has 0 unspecified atom stereocenters. The molecule has 0 aliphatic rings. The summed E-state index contributed by atoms with van der Waals surface area (Å²) in [5.74, 6) is 0.780. The lowest BCUT2D eigenvalue weighted by Crippen LogP contribution is -1.96. The maximum absolute atomic E-state index is 9.02. The minimum atomic E-state index is 0.0523. The summed E-state index contributed by atoms with van der Waals surface area (Å²) in [5, 5.41) is 13.3. The molecule has 1 aromatic heterocycles. The molecule has 0 amide bonds. The predicted octanol–water partition coefficient (Wildman–Crippen LogP) is 2.87. The molecule has 0 radical (unpaired) electrons. The lowest BCUT2D eigenvalue weighted by molar-refractivity contribution is 0.282. The molecule has 1 heterocycles. The zero-order valence-corrected chi connectivity index (χ0v) is 10.2. The quantitative estimate of drug-likeness (QED) is 0.751. The van der Waals surface area contributed by atoms with Gasteiger partial charge in [0.05, 0.1) is 12.1 Å². The monoisotopic (exact) mass is 251 g/mol. The van der Waals surface area contributed by atoms with Gasteiger partial charge >= 0.3 is 0 Å². The minimum Gasteiger partial charge on any atom is -0.392 e. The summed E-state index contributed by atoms with van der Waals surface area (Å²) < 4.78 is 0. The van der Waals surface area contributed by atoms with E-state index in [4.69, 9.17) is 5.11 Å². The van der Waals surface area contributed by atoms with Crippen molar-refractivity contribution < 1.29 is 5.11 Å². The zero-order valence-electron chi connectivity index (χ0n) is 10.2. The van der Waals surface area contributed by atoms with E-state index >= 15 is 0 Å². The maximum Gasteiger partial charge on any atom is 0.141 e. The van der Waals surface area contributed by atoms with Gasteiger partial charge in [-0.3, -0.25) is 0 Å². The van der Waals surface area contributed by atoms with E-state index in [2.05, 4.69) is 15.3 Å². The first-order valence-electron chi connectivity index (χ1n) is 6.03. The lowest BCUT2D eigenvalue weighted by atomic mass is 10.2. The average molecular weight is 251 g/mol. The van der Waals surface area contributed by atoms with Crippen molar-refractivity contribution in [3.05, 3.63) is 60.4 Å². The summed E-state index contributed by atoms with van der Waals surface area (Å²) in [5.41, 5.74) is 2.73. The van der Waals surface area contributed by atoms with Crippen LogP contribution in [0, 0.1) is 0 Å². The highest BCUT2D eigenvalue weighted by Crippen LogP contribution is 2.22. The van der Waals surface area contributed by atoms with Gasteiger partial charge in [0.15, 0.2) is 0 Å². The molecule has 3 aromatic rings. The number of nitrogens with one attached hydrogen (secondary N) is 1. The first-order valence-corrected chi connectivity index (χ1v) is 6.03. The zero-order chi connectivity index (χ0) is 13.1. The van der Waals surface area contributed by atoms with Gasteiger partial charge < -0.3 is 10.4 Å². The number of hydrogen-bond donors (Lipinski definition) is 2. The number of hydrogen-bond acceptors (Lipinski definition) is 4. The van der Waals surface area contributed by atoms with Crippen molar-refractivity contribution in [1.82, 2.24) is 9.97 Å². The molecule has 0 saturated carbocycles. The summed E-state index contributed by atoms with van der Waals surface area (Å²) >= 11 is 0. The maximum atomic E-state index is 9.02. The van der Waals surface area contributed by atoms with Gasteiger partial charge in [-0.15, -0.1) is 0 Å². The Morgan fingerprint density at radius 3 is 2.53 bits per heavy atom. The molecule has 0 aliphatic heterocycles. The molecule has 0 atom stereocenters. The number of rotatable bonds is 3. The van der Waals surface area contributed by atoms with E-state index in [0.717, 1.165) is 28.0 Å². The van der Waals surface area contributed by atoms with Crippen LogP contribution < -0.4 is 5.32 Å². The summed E-state index contributed by atoms with van der Waals surface area (Å²) in [6, 6.07) is 15.5. The predicted molar refractivity (Wildman–Crippen MR) is 75.2 cm³/mol. The second-order valence-corrected chi connectivity index (χ2v) is 4.22. The van der Waals surface area contributed by atoms with Crippen LogP contribution in [-0.4, -0.2) is 15.1 Å². The van der Waals surface area contributed by atoms with Crippen LogP contribution in [-0.2, 0) is 6.61 Å². The number of fused-ring (bicyclic) bond motifs is 1. The fraction of sp³-hybridized carbons (Fsp3) is 0.0667. The van der Waals surface area contributed by atoms with Gasteiger partial charge in [0.25, 0.3) is 0 Å². The highest BCUT2D eigenvalue weighted by Gasteiger charge is 2.03. The van der Waals surface area contributed by atoms with Crippen molar-refractivity contribution in [2.45, 2.75) is 6.61 Å². The number of anilines is 2. The van der Waals surface area contributed by atoms with E-state index in [1.54, 1.807) is 6.33 Å². The van der Waals surface area contributed by atoms with Crippen LogP contribution in [0.5, 0.6) is 0 Å². The molecule has 0 fully saturated rings. The van der Waals surface area contributed by atoms with Crippen LogP contribution >= 0.6 is 0 Å². The Bertz CT molecular complexity index is 690. The molecule has 3 rings (SSSR count). The Kier molecular flexibility index (Phi) is 3.08. The second-order valence-electron chi connectivity index (χ2n) is 4.22. The number of para-hydroxylation sites is 1. The molecule has 19 heavy (non-hydrogen) atoms. The van der Waals surface area contributed by atoms with Crippen LogP contribution in [0.15, 0.2) is 54.9 Å². The van der Waals surface area contributed by atoms with Crippen LogP contribution in [0.1, 0.15) is 5.56 Å². The van der Waals surface area contributed by atoms with Crippen molar-refractivity contribution >= 4 is 22.4 Å². The molecule has 2 N–H and O–H groups in total. The van der Waals surface area contributed by atoms with E-state index in [1.165, 1.54) is 0 Å². The van der Waals surface area contributed by atoms with E-state index in [-0.39, 0.29) is 6.61 Å². The molecule has 0 aliphatic carbocycles. The van der Waals surface area contributed by atoms with Gasteiger partial charge in [-0.25, -0.2) is 9.97 Å². The number of aliphatic hydroxyl groups excluding tert-OH is 1. The largest absolute Gasteiger partial charge is 0.392 e. The SMILES string of the molecule is OCc1ccc(Nc2ncnc3ccccc23)cc1. The first-order chi connectivity index (χ1) is 9.36. The summed E-state index contributed by atoms with van der Waals surface area (Å²) in [4.78, 5) is 8.50. The van der Waals surface area contributed by atoms with Crippen molar-refractivity contribution in [2.75, 3.05) is 5.32 Å². The Morgan fingerprint density at radius 2 is 1.74 bits per heavy atom. The molecule has 0 spiro atoms. The lowest BCUT2D eigenvalue weighted by Gasteiger charge is -2.08. The fourth-order valence-corrected chi connectivity index (χ4v) is 1.93. The average Bonchev–Trinajstić information content (AvgIpc) is 2.48. The van der Waals surface area contributed by atoms with Gasteiger partial charge in [0.2, 0.25) is 0 Å². The number of nitrogens with zero attached hydrogens (tertiary/aromatic N) is 2. The number of benzene rings is 2. The van der Waals surface area contributed by atoms with Gasteiger partial charge in [0.1, 0.15) is 12.1 Å². The molecule has 0 bridgehead atoms. The van der Waals surface area contributed by atoms with Crippen molar-refractivity contribution in [2.24, 2.45) is 0 Å². The van der Waals surface area contributed by atoms with E-state index < -0.39 is 0 Å². The topological polar surface area (TPSA) is 58.0 Å². The normalized spacial score (nSPS) is 10.6. The fourth-order valence-electron chi connectivity index (χ4n) is 1.93. The van der Waals surface area contributed by atoms with Crippen LogP contribution in [0.2, 0.25) is 0 Å². The Hall–Kier alpha value is -2.46. The van der Waals surface area contributed by atoms with Crippen molar-refractivity contribution in [3.8, 4) is 0 Å². The van der Waals surface area contributed by atoms with Crippen LogP contribution in [0.25, 0.3) is 10.9 Å². The van der Waals surface area contributed by atoms with Crippen molar-refractivity contribution in [1.29, 1.82) is 0 Å². The third-order valence-electron chi connectivity index (χ3n) is 2.94. The number of aliphatic hydroxyl groups is 1. The third-order valence-corrected chi connectivity index (χ3v) is 2.94. The first kappa shape index (κ1) is 11.6. The van der Waals surface area contributed by atoms with Crippen molar-refractivity contribution in [3.63, 3.8) is 0 Å². The summed E-state index contributed by atoms with van der Waals surface area (Å²) in [7, 11) is 0. The van der Waals surface area contributed by atoms with E-state index in [1.807, 2.05) is 48.5 Å². The molecule has 4 nitrogen and oxygen atoms in total. The molecular weight excluding hydrogens is 238 g/mol. The smallest absolute Gasteiger partial charge is 0.141 e. The van der Waals surface area contributed by atoms with Gasteiger partial charge in [0, 0.05) is 11.1 Å². The molecule has 0 saturated heterocycles. The summed E-state index contributed by atoms with van der Waals surface area (Å²) in [6.45, 7) is 0.0523. The third kappa shape index (κ3) is 2.39. The van der Waals surface area contributed by atoms with Gasteiger partial charge in [-0.1, -0.05) is 24.3 Å². The minimum absolute atomic E-state index is 0.0523. The van der Waals surface area contributed by atoms with E-state index in [0.29, 0.717) is 0 Å². The molecule has 94 valence electrons. The second kappa shape index (κ2) is 5.04. The summed E-state index contributed by atoms with van der Waals surface area (Å²) in [6.07, 6.45) is 1.55. The Morgan fingerprint density at radius 1 is 0.947 bits per heavy atom. The Balaban J connectivity index is 1.96. The van der Waals surface area contributed by atoms with Gasteiger partial charge in [-0.05, 0) is 29.8 Å². The highest BCUT2D eigenvalue weighted by atomic mass is 16.3. The number of aromatic nitrogens is 2. The van der Waals surface area contributed by atoms with Gasteiger partial charge in [-0.2, -0.15) is 0 Å². The Labute approximate surface area is 110 Å². The standard InChI is InChI=1S/C15H13N3O/c19-9-11-5-7-12(8-6-11)18-15-13-3-1-2-4-14(13)16-10-17-15/h1-8,10,19H,9H2,(H,16,17,18). The van der Waals surface area contributed by atoms with E-state index in [9.17, 15) is 0 Å². The van der Waals surface area contributed by atoms with Crippen LogP contribution in [0.4, 0.5) is 11.5 Å². The van der Waals surface area contributed by atoms with Crippen LogP contribution in [0.3, 0.4) is 0 Å². The molecule has 4 heteroatoms. The molecular formula is C15H13N3O.